The molecule has 0 N–H and O–H groups in total. The van der Waals surface area contributed by atoms with E-state index in [0.717, 1.165) is 66.7 Å². The van der Waals surface area contributed by atoms with Crippen LogP contribution in [0, 0.1) is 23.7 Å². The van der Waals surface area contributed by atoms with Gasteiger partial charge in [0.15, 0.2) is 0 Å². The van der Waals surface area contributed by atoms with Crippen molar-refractivity contribution >= 4 is 117 Å². The Morgan fingerprint density at radius 3 is 0.983 bits per heavy atom. The van der Waals surface area contributed by atoms with Crippen LogP contribution in [0.1, 0.15) is 44.5 Å². The van der Waals surface area contributed by atoms with Crippen molar-refractivity contribution in [2.75, 3.05) is 0 Å². The van der Waals surface area contributed by atoms with Gasteiger partial charge in [0.05, 0.1) is 29.9 Å². The molecule has 0 aliphatic carbocycles. The molecule has 0 aliphatic heterocycles. The van der Waals surface area contributed by atoms with Crippen molar-refractivity contribution in [3.63, 3.8) is 0 Å². The standard InChI is InChI=1S/C48H22F6S4/c49-47(50,51)33-15-7-27(8-16-33)1-3-29-11-19-39-35(23-29)43-45(55-39)37-25-31(13-21-41(37)57-43)5-6-32-14-22-42-38(26-32)46-44(58-42)36-24-30(12-20-40(36)56-46)4-2-28-9-17-34(18-10-28)48(52,53)54/h5-26H/b6-5+. The fraction of sp³-hybridized carbons (Fsp3) is 0.0417. The summed E-state index contributed by atoms with van der Waals surface area (Å²) >= 11 is 7.00. The molecule has 0 unspecified atom stereocenters. The van der Waals surface area contributed by atoms with E-state index in [4.69, 9.17) is 0 Å². The quantitative estimate of drug-likeness (QED) is 0.0924. The number of hydrogen-bond acceptors (Lipinski definition) is 4. The maximum absolute atomic E-state index is 13.0. The number of fused-ring (bicyclic) bond motifs is 10. The number of hydrogen-bond donors (Lipinski definition) is 0. The zero-order valence-corrected chi connectivity index (χ0v) is 32.9. The minimum Gasteiger partial charge on any atom is -0.166 e. The predicted molar refractivity (Wildman–Crippen MR) is 233 cm³/mol. The van der Waals surface area contributed by atoms with Crippen LogP contribution in [-0.2, 0) is 12.4 Å². The molecule has 4 heterocycles. The molecule has 0 fully saturated rings. The second-order valence-electron chi connectivity index (χ2n) is 13.6. The zero-order valence-electron chi connectivity index (χ0n) is 29.6. The third-order valence-electron chi connectivity index (χ3n) is 9.80. The van der Waals surface area contributed by atoms with Gasteiger partial charge in [-0.05, 0) is 120 Å². The van der Waals surface area contributed by atoms with Crippen molar-refractivity contribution in [1.29, 1.82) is 0 Å². The molecular weight excluding hydrogens is 819 g/mol. The van der Waals surface area contributed by atoms with Crippen LogP contribution in [-0.4, -0.2) is 0 Å². The van der Waals surface area contributed by atoms with E-state index in [0.29, 0.717) is 11.1 Å². The van der Waals surface area contributed by atoms with E-state index in [2.05, 4.69) is 96.5 Å². The van der Waals surface area contributed by atoms with Gasteiger partial charge in [0.1, 0.15) is 0 Å². The Morgan fingerprint density at radius 1 is 0.345 bits per heavy atom. The first-order valence-electron chi connectivity index (χ1n) is 17.8. The summed E-state index contributed by atoms with van der Waals surface area (Å²) in [6.07, 6.45) is -4.47. The van der Waals surface area contributed by atoms with Crippen molar-refractivity contribution in [3.05, 3.63) is 166 Å². The fourth-order valence-electron chi connectivity index (χ4n) is 6.88. The van der Waals surface area contributed by atoms with Gasteiger partial charge in [-0.15, -0.1) is 45.3 Å². The van der Waals surface area contributed by atoms with E-state index in [-0.39, 0.29) is 0 Å². The molecule has 280 valence electrons. The van der Waals surface area contributed by atoms with Crippen molar-refractivity contribution in [2.45, 2.75) is 12.4 Å². The van der Waals surface area contributed by atoms with Gasteiger partial charge < -0.3 is 0 Å². The maximum atomic E-state index is 13.0. The Hall–Kier alpha value is -5.88. The lowest BCUT2D eigenvalue weighted by Crippen LogP contribution is -2.04. The number of halogens is 6. The number of alkyl halides is 6. The van der Waals surface area contributed by atoms with Crippen LogP contribution < -0.4 is 0 Å². The number of benzene rings is 6. The molecule has 0 saturated carbocycles. The molecule has 10 heteroatoms. The van der Waals surface area contributed by atoms with Gasteiger partial charge in [-0.25, -0.2) is 0 Å². The first kappa shape index (κ1) is 36.5. The van der Waals surface area contributed by atoms with Crippen molar-refractivity contribution in [2.24, 2.45) is 0 Å². The van der Waals surface area contributed by atoms with Crippen molar-refractivity contribution in [3.8, 4) is 23.7 Å². The molecule has 6 aromatic carbocycles. The van der Waals surface area contributed by atoms with Gasteiger partial charge in [0, 0.05) is 62.6 Å². The summed E-state index contributed by atoms with van der Waals surface area (Å²) in [6, 6.07) is 35.0. The summed E-state index contributed by atoms with van der Waals surface area (Å²) in [7, 11) is 0. The van der Waals surface area contributed by atoms with Crippen molar-refractivity contribution in [1.82, 2.24) is 0 Å². The van der Waals surface area contributed by atoms with Crippen LogP contribution in [0.25, 0.3) is 71.3 Å². The highest BCUT2D eigenvalue weighted by molar-refractivity contribution is 7.37. The van der Waals surface area contributed by atoms with Gasteiger partial charge in [0.25, 0.3) is 0 Å². The average molecular weight is 841 g/mol. The highest BCUT2D eigenvalue weighted by Gasteiger charge is 2.30. The first-order chi connectivity index (χ1) is 27.9. The number of rotatable bonds is 2. The lowest BCUT2D eigenvalue weighted by atomic mass is 10.1. The van der Waals surface area contributed by atoms with Gasteiger partial charge >= 0.3 is 12.4 Å². The highest BCUT2D eigenvalue weighted by Crippen LogP contribution is 2.46. The van der Waals surface area contributed by atoms with Gasteiger partial charge in [-0.2, -0.15) is 26.3 Å². The van der Waals surface area contributed by atoms with Crippen LogP contribution in [0.15, 0.2) is 121 Å². The zero-order chi connectivity index (χ0) is 39.8. The molecule has 0 radical (unpaired) electrons. The van der Waals surface area contributed by atoms with Gasteiger partial charge in [-0.1, -0.05) is 48.0 Å². The minimum absolute atomic E-state index is 0.524. The SMILES string of the molecule is FC(F)(F)c1ccc(C#Cc2ccc3sc4c5cc(/C=C/c6ccc7sc8c9cc(C#Cc%10ccc(C(F)(F)F)cc%10)ccc9sc8c7c6)ccc5sc4c3c2)cc1. The summed E-state index contributed by atoms with van der Waals surface area (Å²) in [6.45, 7) is 0. The summed E-state index contributed by atoms with van der Waals surface area (Å²) < 4.78 is 87.3. The van der Waals surface area contributed by atoms with Crippen LogP contribution in [0.2, 0.25) is 0 Å². The summed E-state index contributed by atoms with van der Waals surface area (Å²) in [5, 5.41) is 4.64. The molecule has 0 nitrogen and oxygen atoms in total. The molecule has 58 heavy (non-hydrogen) atoms. The van der Waals surface area contributed by atoms with E-state index >= 15 is 0 Å². The molecule has 10 rings (SSSR count). The lowest BCUT2D eigenvalue weighted by molar-refractivity contribution is -0.138. The highest BCUT2D eigenvalue weighted by atomic mass is 32.1. The normalized spacial score (nSPS) is 12.3. The van der Waals surface area contributed by atoms with E-state index in [9.17, 15) is 26.3 Å². The number of thiophene rings is 4. The second kappa shape index (κ2) is 13.9. The van der Waals surface area contributed by atoms with Crippen LogP contribution in [0.4, 0.5) is 26.3 Å². The molecule has 0 saturated heterocycles. The molecule has 0 atom stereocenters. The van der Waals surface area contributed by atoms with Crippen LogP contribution in [0.3, 0.4) is 0 Å². The summed E-state index contributed by atoms with van der Waals surface area (Å²) in [4.78, 5) is 0. The van der Waals surface area contributed by atoms with Gasteiger partial charge in [0.2, 0.25) is 0 Å². The Morgan fingerprint density at radius 2 is 0.638 bits per heavy atom. The van der Waals surface area contributed by atoms with Crippen LogP contribution in [0.5, 0.6) is 0 Å². The molecule has 4 aromatic heterocycles. The summed E-state index contributed by atoms with van der Waals surface area (Å²) in [5.74, 6) is 12.2. The van der Waals surface area contributed by atoms with E-state index < -0.39 is 23.5 Å². The Balaban J connectivity index is 0.911. The Labute approximate surface area is 342 Å². The van der Waals surface area contributed by atoms with E-state index in [1.54, 1.807) is 45.3 Å². The largest absolute Gasteiger partial charge is 0.416 e. The molecule has 0 spiro atoms. The smallest absolute Gasteiger partial charge is 0.166 e. The molecule has 0 bridgehead atoms. The Bertz CT molecular complexity index is 3190. The predicted octanol–water partition coefficient (Wildman–Crippen LogP) is 15.9. The molecule has 0 aliphatic rings. The average Bonchev–Trinajstić information content (AvgIpc) is 3.96. The summed E-state index contributed by atoms with van der Waals surface area (Å²) in [5.41, 5.74) is 3.46. The lowest BCUT2D eigenvalue weighted by Gasteiger charge is -2.05. The first-order valence-corrected chi connectivity index (χ1v) is 21.0. The third-order valence-corrected chi connectivity index (χ3v) is 14.9. The second-order valence-corrected chi connectivity index (χ2v) is 17.9. The topological polar surface area (TPSA) is 0 Å². The Kier molecular flexibility index (Phi) is 8.74. The van der Waals surface area contributed by atoms with Crippen LogP contribution >= 0.6 is 45.3 Å². The van der Waals surface area contributed by atoms with E-state index in [1.165, 1.54) is 63.2 Å². The van der Waals surface area contributed by atoms with Crippen molar-refractivity contribution < 1.29 is 26.3 Å². The minimum atomic E-state index is -4.38. The molecular formula is C48H22F6S4. The monoisotopic (exact) mass is 840 g/mol. The molecule has 10 aromatic rings. The maximum Gasteiger partial charge on any atom is 0.416 e. The fourth-order valence-corrected chi connectivity index (χ4v) is 12.1. The molecule has 0 amide bonds. The van der Waals surface area contributed by atoms with E-state index in [1.807, 2.05) is 12.1 Å². The third kappa shape index (κ3) is 6.82. The van der Waals surface area contributed by atoms with Gasteiger partial charge in [-0.3, -0.25) is 0 Å².